The highest BCUT2D eigenvalue weighted by molar-refractivity contribution is 7.10. The monoisotopic (exact) mass is 303 g/mol. The van der Waals surface area contributed by atoms with Gasteiger partial charge in [-0.25, -0.2) is 0 Å². The number of hydrogen-bond acceptors (Lipinski definition) is 3. The largest absolute Gasteiger partial charge is 0.467 e. The van der Waals surface area contributed by atoms with E-state index in [0.717, 1.165) is 17.3 Å². The van der Waals surface area contributed by atoms with Gasteiger partial charge in [-0.2, -0.15) is 0 Å². The van der Waals surface area contributed by atoms with Gasteiger partial charge < -0.3 is 4.42 Å². The minimum Gasteiger partial charge on any atom is -0.467 e. The molecule has 0 amide bonds. The van der Waals surface area contributed by atoms with Gasteiger partial charge in [-0.15, -0.1) is 11.3 Å². The van der Waals surface area contributed by atoms with E-state index in [1.54, 1.807) is 17.6 Å². The fraction of sp³-hybridized carbons (Fsp3) is 0.125. The SMILES string of the molecule is Clc1csc(CNC(c2ccccc2)c2ccco2)c1. The summed E-state index contributed by atoms with van der Waals surface area (Å²) >= 11 is 7.62. The lowest BCUT2D eigenvalue weighted by atomic mass is 10.0. The first-order valence-corrected chi connectivity index (χ1v) is 7.63. The molecule has 0 aliphatic carbocycles. The highest BCUT2D eigenvalue weighted by Crippen LogP contribution is 2.24. The Morgan fingerprint density at radius 1 is 1.15 bits per heavy atom. The topological polar surface area (TPSA) is 25.2 Å². The van der Waals surface area contributed by atoms with Crippen LogP contribution >= 0.6 is 22.9 Å². The van der Waals surface area contributed by atoms with E-state index < -0.39 is 0 Å². The first kappa shape index (κ1) is 13.4. The molecule has 2 nitrogen and oxygen atoms in total. The maximum Gasteiger partial charge on any atom is 0.125 e. The van der Waals surface area contributed by atoms with Crippen molar-refractivity contribution in [2.24, 2.45) is 0 Å². The van der Waals surface area contributed by atoms with Gasteiger partial charge in [-0.3, -0.25) is 5.32 Å². The fourth-order valence-corrected chi connectivity index (χ4v) is 3.16. The minimum absolute atomic E-state index is 0.0482. The van der Waals surface area contributed by atoms with Gasteiger partial charge in [-0.05, 0) is 23.8 Å². The van der Waals surface area contributed by atoms with E-state index in [2.05, 4.69) is 17.4 Å². The van der Waals surface area contributed by atoms with Crippen LogP contribution in [0.4, 0.5) is 0 Å². The Morgan fingerprint density at radius 3 is 2.65 bits per heavy atom. The van der Waals surface area contributed by atoms with Gasteiger partial charge in [0, 0.05) is 16.8 Å². The Hall–Kier alpha value is -1.55. The molecule has 1 aromatic carbocycles. The van der Waals surface area contributed by atoms with Crippen molar-refractivity contribution in [1.82, 2.24) is 5.32 Å². The second-order valence-electron chi connectivity index (χ2n) is 4.47. The predicted octanol–water partition coefficient (Wildman–Crippen LogP) is 4.87. The molecular weight excluding hydrogens is 290 g/mol. The smallest absolute Gasteiger partial charge is 0.125 e. The van der Waals surface area contributed by atoms with Crippen molar-refractivity contribution in [2.45, 2.75) is 12.6 Å². The highest BCUT2D eigenvalue weighted by atomic mass is 35.5. The van der Waals surface area contributed by atoms with Crippen molar-refractivity contribution >= 4 is 22.9 Å². The number of benzene rings is 1. The van der Waals surface area contributed by atoms with E-state index in [9.17, 15) is 0 Å². The lowest BCUT2D eigenvalue weighted by Crippen LogP contribution is -2.21. The summed E-state index contributed by atoms with van der Waals surface area (Å²) in [6.45, 7) is 0.762. The van der Waals surface area contributed by atoms with Gasteiger partial charge in [0.05, 0.1) is 17.3 Å². The second-order valence-corrected chi connectivity index (χ2v) is 5.90. The molecule has 1 unspecified atom stereocenters. The summed E-state index contributed by atoms with van der Waals surface area (Å²) in [4.78, 5) is 1.21. The molecular formula is C16H14ClNOS. The number of rotatable bonds is 5. The first-order valence-electron chi connectivity index (χ1n) is 6.37. The highest BCUT2D eigenvalue weighted by Gasteiger charge is 2.16. The van der Waals surface area contributed by atoms with Crippen LogP contribution in [0.5, 0.6) is 0 Å². The number of hydrogen-bond donors (Lipinski definition) is 1. The zero-order chi connectivity index (χ0) is 13.8. The lowest BCUT2D eigenvalue weighted by Gasteiger charge is -2.16. The molecule has 0 aliphatic rings. The Bertz CT molecular complexity index is 648. The summed E-state index contributed by atoms with van der Waals surface area (Å²) in [5.74, 6) is 0.916. The van der Waals surface area contributed by atoms with Crippen LogP contribution in [0, 0.1) is 0 Å². The molecule has 102 valence electrons. The molecule has 4 heteroatoms. The normalized spacial score (nSPS) is 12.4. The Morgan fingerprint density at radius 2 is 2.00 bits per heavy atom. The molecule has 0 radical (unpaired) electrons. The van der Waals surface area contributed by atoms with Crippen LogP contribution in [-0.2, 0) is 6.54 Å². The van der Waals surface area contributed by atoms with E-state index in [1.807, 2.05) is 41.8 Å². The number of nitrogens with one attached hydrogen (secondary N) is 1. The zero-order valence-corrected chi connectivity index (χ0v) is 12.3. The molecule has 0 fully saturated rings. The molecule has 2 heterocycles. The van der Waals surface area contributed by atoms with Crippen molar-refractivity contribution in [1.29, 1.82) is 0 Å². The Kier molecular flexibility index (Phi) is 4.21. The molecule has 0 bridgehead atoms. The average Bonchev–Trinajstić information content (AvgIpc) is 3.12. The summed E-state index contributed by atoms with van der Waals surface area (Å²) in [6, 6.07) is 16.2. The van der Waals surface area contributed by atoms with Crippen molar-refractivity contribution in [2.75, 3.05) is 0 Å². The van der Waals surface area contributed by atoms with Gasteiger partial charge in [0.25, 0.3) is 0 Å². The van der Waals surface area contributed by atoms with Gasteiger partial charge in [0.1, 0.15) is 5.76 Å². The molecule has 1 atom stereocenters. The summed E-state index contributed by atoms with van der Waals surface area (Å²) in [5, 5.41) is 6.27. The van der Waals surface area contributed by atoms with E-state index in [4.69, 9.17) is 16.0 Å². The number of furan rings is 1. The van der Waals surface area contributed by atoms with Crippen LogP contribution in [0.2, 0.25) is 5.02 Å². The van der Waals surface area contributed by atoms with Crippen LogP contribution in [-0.4, -0.2) is 0 Å². The average molecular weight is 304 g/mol. The number of thiophene rings is 1. The lowest BCUT2D eigenvalue weighted by molar-refractivity contribution is 0.447. The van der Waals surface area contributed by atoms with Crippen molar-refractivity contribution < 1.29 is 4.42 Å². The Balaban J connectivity index is 1.80. The van der Waals surface area contributed by atoms with Crippen LogP contribution in [0.3, 0.4) is 0 Å². The molecule has 1 N–H and O–H groups in total. The molecule has 20 heavy (non-hydrogen) atoms. The summed E-state index contributed by atoms with van der Waals surface area (Å²) < 4.78 is 5.56. The third-order valence-corrected chi connectivity index (χ3v) is 4.35. The molecule has 0 spiro atoms. The molecule has 2 aromatic heterocycles. The third-order valence-electron chi connectivity index (χ3n) is 3.06. The van der Waals surface area contributed by atoms with Crippen molar-refractivity contribution in [3.63, 3.8) is 0 Å². The fourth-order valence-electron chi connectivity index (χ4n) is 2.13. The molecule has 0 saturated heterocycles. The predicted molar refractivity (Wildman–Crippen MR) is 83.2 cm³/mol. The van der Waals surface area contributed by atoms with Crippen LogP contribution in [0.1, 0.15) is 22.2 Å². The van der Waals surface area contributed by atoms with Crippen LogP contribution < -0.4 is 5.32 Å². The molecule has 3 aromatic rings. The van der Waals surface area contributed by atoms with E-state index in [0.29, 0.717) is 0 Å². The molecule has 3 rings (SSSR count). The quantitative estimate of drug-likeness (QED) is 0.727. The maximum absolute atomic E-state index is 5.96. The summed E-state index contributed by atoms with van der Waals surface area (Å²) in [5.41, 5.74) is 1.19. The minimum atomic E-state index is 0.0482. The first-order chi connectivity index (χ1) is 9.83. The van der Waals surface area contributed by atoms with Gasteiger partial charge in [-0.1, -0.05) is 41.9 Å². The second kappa shape index (κ2) is 6.27. The van der Waals surface area contributed by atoms with E-state index in [-0.39, 0.29) is 6.04 Å². The van der Waals surface area contributed by atoms with Crippen molar-refractivity contribution in [3.8, 4) is 0 Å². The molecule has 0 aliphatic heterocycles. The summed E-state index contributed by atoms with van der Waals surface area (Å²) in [6.07, 6.45) is 1.70. The molecule has 0 saturated carbocycles. The number of halogens is 1. The van der Waals surface area contributed by atoms with E-state index in [1.165, 1.54) is 10.4 Å². The van der Waals surface area contributed by atoms with Gasteiger partial charge >= 0.3 is 0 Å². The van der Waals surface area contributed by atoms with Crippen molar-refractivity contribution in [3.05, 3.63) is 81.4 Å². The third kappa shape index (κ3) is 3.12. The standard InChI is InChI=1S/C16H14ClNOS/c17-13-9-14(20-11-13)10-18-16(15-7-4-8-19-15)12-5-2-1-3-6-12/h1-9,11,16,18H,10H2. The summed E-state index contributed by atoms with van der Waals surface area (Å²) in [7, 11) is 0. The zero-order valence-electron chi connectivity index (χ0n) is 10.8. The van der Waals surface area contributed by atoms with Crippen LogP contribution in [0.25, 0.3) is 0 Å². The maximum atomic E-state index is 5.96. The van der Waals surface area contributed by atoms with E-state index >= 15 is 0 Å². The van der Waals surface area contributed by atoms with Crippen LogP contribution in [0.15, 0.2) is 64.6 Å². The van der Waals surface area contributed by atoms with Gasteiger partial charge in [0.15, 0.2) is 0 Å². The Labute approximate surface area is 127 Å². The van der Waals surface area contributed by atoms with Gasteiger partial charge in [0.2, 0.25) is 0 Å².